The van der Waals surface area contributed by atoms with Crippen LogP contribution in [0.15, 0.2) is 18.2 Å². The van der Waals surface area contributed by atoms with Crippen LogP contribution in [0.2, 0.25) is 5.02 Å². The number of halogens is 2. The minimum Gasteiger partial charge on any atom is -0.396 e. The van der Waals surface area contributed by atoms with E-state index >= 15 is 0 Å². The molecule has 0 spiro atoms. The maximum absolute atomic E-state index is 13.0. The lowest BCUT2D eigenvalue weighted by atomic mass is 10.2. The van der Waals surface area contributed by atoms with Gasteiger partial charge >= 0.3 is 0 Å². The Morgan fingerprint density at radius 1 is 1.35 bits per heavy atom. The van der Waals surface area contributed by atoms with Gasteiger partial charge in [0.1, 0.15) is 5.82 Å². The number of rotatable bonds is 6. The molecule has 0 saturated carbocycles. The molecule has 0 bridgehead atoms. The van der Waals surface area contributed by atoms with Crippen LogP contribution in [-0.2, 0) is 0 Å². The normalized spacial score (nSPS) is 10.0. The zero-order valence-electron chi connectivity index (χ0n) is 9.37. The summed E-state index contributed by atoms with van der Waals surface area (Å²) in [6, 6.07) is 4.21. The van der Waals surface area contributed by atoms with E-state index in [9.17, 15) is 4.39 Å². The number of benzene rings is 1. The molecule has 17 heavy (non-hydrogen) atoms. The molecule has 0 saturated heterocycles. The molecule has 3 nitrogen and oxygen atoms in total. The molecule has 0 heterocycles. The van der Waals surface area contributed by atoms with Gasteiger partial charge in [-0.05, 0) is 37.5 Å². The zero-order valence-corrected chi connectivity index (χ0v) is 10.1. The van der Waals surface area contributed by atoms with Crippen molar-refractivity contribution in [3.8, 4) is 6.19 Å². The second-order valence-corrected chi connectivity index (χ2v) is 4.04. The molecular weight excluding hydrogens is 243 g/mol. The largest absolute Gasteiger partial charge is 0.396 e. The Balaban J connectivity index is 2.61. The van der Waals surface area contributed by atoms with Crippen LogP contribution in [0.1, 0.15) is 19.3 Å². The first-order valence-electron chi connectivity index (χ1n) is 5.42. The molecule has 92 valence electrons. The van der Waals surface area contributed by atoms with Gasteiger partial charge in [0, 0.05) is 13.2 Å². The first-order valence-corrected chi connectivity index (χ1v) is 5.80. The van der Waals surface area contributed by atoms with Gasteiger partial charge in [0.05, 0.1) is 10.7 Å². The maximum atomic E-state index is 13.0. The molecule has 0 aliphatic rings. The summed E-state index contributed by atoms with van der Waals surface area (Å²) in [6.07, 6.45) is 4.40. The van der Waals surface area contributed by atoms with E-state index in [4.69, 9.17) is 22.0 Å². The van der Waals surface area contributed by atoms with E-state index in [0.29, 0.717) is 12.2 Å². The number of aliphatic hydroxyl groups is 1. The van der Waals surface area contributed by atoms with Gasteiger partial charge in [-0.25, -0.2) is 4.39 Å². The fraction of sp³-hybridized carbons (Fsp3) is 0.417. The Kier molecular flexibility index (Phi) is 5.75. The van der Waals surface area contributed by atoms with Crippen LogP contribution in [0.5, 0.6) is 0 Å². The van der Waals surface area contributed by atoms with E-state index in [0.717, 1.165) is 19.3 Å². The Morgan fingerprint density at radius 3 is 2.71 bits per heavy atom. The van der Waals surface area contributed by atoms with E-state index in [-0.39, 0.29) is 11.6 Å². The third-order valence-electron chi connectivity index (χ3n) is 2.38. The zero-order chi connectivity index (χ0) is 12.7. The van der Waals surface area contributed by atoms with Crippen molar-refractivity contribution in [1.82, 2.24) is 0 Å². The minimum absolute atomic E-state index is 0.0121. The van der Waals surface area contributed by atoms with Crippen molar-refractivity contribution in [1.29, 1.82) is 5.26 Å². The summed E-state index contributed by atoms with van der Waals surface area (Å²) in [4.78, 5) is 1.46. The number of anilines is 1. The Morgan fingerprint density at radius 2 is 2.12 bits per heavy atom. The van der Waals surface area contributed by atoms with Crippen molar-refractivity contribution >= 4 is 17.3 Å². The third kappa shape index (κ3) is 4.22. The number of nitrogens with zero attached hydrogens (tertiary/aromatic N) is 2. The first kappa shape index (κ1) is 13.8. The van der Waals surface area contributed by atoms with E-state index in [1.54, 1.807) is 0 Å². The van der Waals surface area contributed by atoms with E-state index < -0.39 is 5.82 Å². The van der Waals surface area contributed by atoms with Crippen LogP contribution in [-0.4, -0.2) is 18.3 Å². The summed E-state index contributed by atoms with van der Waals surface area (Å²) in [5.74, 6) is -0.492. The van der Waals surface area contributed by atoms with Crippen LogP contribution in [0, 0.1) is 17.3 Å². The highest BCUT2D eigenvalue weighted by atomic mass is 35.5. The third-order valence-corrected chi connectivity index (χ3v) is 2.67. The molecule has 0 aromatic heterocycles. The van der Waals surface area contributed by atoms with Crippen LogP contribution in [0.4, 0.5) is 10.1 Å². The maximum Gasteiger partial charge on any atom is 0.184 e. The smallest absolute Gasteiger partial charge is 0.184 e. The molecule has 0 aliphatic heterocycles. The monoisotopic (exact) mass is 256 g/mol. The van der Waals surface area contributed by atoms with Gasteiger partial charge < -0.3 is 5.11 Å². The second-order valence-electron chi connectivity index (χ2n) is 3.63. The minimum atomic E-state index is -0.492. The lowest BCUT2D eigenvalue weighted by molar-refractivity contribution is 0.283. The van der Waals surface area contributed by atoms with E-state index in [1.807, 2.05) is 6.19 Å². The molecule has 0 unspecified atom stereocenters. The second kappa shape index (κ2) is 7.10. The molecule has 0 radical (unpaired) electrons. The Hall–Kier alpha value is -1.31. The molecule has 1 aromatic carbocycles. The Labute approximate surface area is 105 Å². The fourth-order valence-corrected chi connectivity index (χ4v) is 1.62. The van der Waals surface area contributed by atoms with Crippen molar-refractivity contribution in [2.24, 2.45) is 0 Å². The lowest BCUT2D eigenvalue weighted by Gasteiger charge is -2.15. The van der Waals surface area contributed by atoms with E-state index in [1.165, 1.54) is 23.1 Å². The quantitative estimate of drug-likeness (QED) is 0.484. The summed E-state index contributed by atoms with van der Waals surface area (Å²) in [5, 5.41) is 17.6. The van der Waals surface area contributed by atoms with Crippen molar-refractivity contribution in [2.45, 2.75) is 19.3 Å². The highest BCUT2D eigenvalue weighted by molar-refractivity contribution is 6.31. The van der Waals surface area contributed by atoms with Gasteiger partial charge in [-0.1, -0.05) is 11.6 Å². The SMILES string of the molecule is N#CN(CCCCCO)c1ccc(F)c(Cl)c1. The summed E-state index contributed by atoms with van der Waals surface area (Å²) < 4.78 is 13.0. The lowest BCUT2D eigenvalue weighted by Crippen LogP contribution is -2.17. The summed E-state index contributed by atoms with van der Waals surface area (Å²) in [5.41, 5.74) is 0.586. The molecule has 1 N–H and O–H groups in total. The molecule has 0 amide bonds. The Bertz CT molecular complexity index is 406. The number of aliphatic hydroxyl groups excluding tert-OH is 1. The molecule has 1 aromatic rings. The molecule has 5 heteroatoms. The van der Waals surface area contributed by atoms with E-state index in [2.05, 4.69) is 0 Å². The highest BCUT2D eigenvalue weighted by Gasteiger charge is 2.07. The predicted octanol–water partition coefficient (Wildman–Crippen LogP) is 2.93. The van der Waals surface area contributed by atoms with Gasteiger partial charge in [-0.15, -0.1) is 0 Å². The number of hydrogen-bond donors (Lipinski definition) is 1. The number of nitriles is 1. The topological polar surface area (TPSA) is 47.3 Å². The van der Waals surface area contributed by atoms with Crippen LogP contribution in [0.25, 0.3) is 0 Å². The molecule has 0 atom stereocenters. The molecule has 1 rings (SSSR count). The van der Waals surface area contributed by atoms with Crippen molar-refractivity contribution in [3.05, 3.63) is 29.0 Å². The van der Waals surface area contributed by atoms with Gasteiger partial charge in [-0.2, -0.15) is 5.26 Å². The van der Waals surface area contributed by atoms with Crippen molar-refractivity contribution in [3.63, 3.8) is 0 Å². The van der Waals surface area contributed by atoms with Gasteiger partial charge in [0.25, 0.3) is 0 Å². The van der Waals surface area contributed by atoms with Gasteiger partial charge in [-0.3, -0.25) is 4.90 Å². The molecule has 0 aliphatic carbocycles. The van der Waals surface area contributed by atoms with Crippen molar-refractivity contribution in [2.75, 3.05) is 18.1 Å². The first-order chi connectivity index (χ1) is 8.19. The average molecular weight is 257 g/mol. The summed E-state index contributed by atoms with van der Waals surface area (Å²) >= 11 is 5.65. The number of unbranched alkanes of at least 4 members (excludes halogenated alkanes) is 2. The predicted molar refractivity (Wildman–Crippen MR) is 65.3 cm³/mol. The van der Waals surface area contributed by atoms with Crippen LogP contribution < -0.4 is 4.90 Å². The number of hydrogen-bond acceptors (Lipinski definition) is 3. The summed E-state index contributed by atoms with van der Waals surface area (Å²) in [7, 11) is 0. The van der Waals surface area contributed by atoms with Crippen LogP contribution >= 0.6 is 11.6 Å². The van der Waals surface area contributed by atoms with Crippen LogP contribution in [0.3, 0.4) is 0 Å². The summed E-state index contributed by atoms with van der Waals surface area (Å²) in [6.45, 7) is 0.702. The highest BCUT2D eigenvalue weighted by Crippen LogP contribution is 2.22. The average Bonchev–Trinajstić information content (AvgIpc) is 2.33. The fourth-order valence-electron chi connectivity index (χ4n) is 1.45. The molecular formula is C12H14ClFN2O. The standard InChI is InChI=1S/C12H14ClFN2O/c13-11-8-10(4-5-12(11)14)16(9-15)6-2-1-3-7-17/h4-5,8,17H,1-3,6-7H2. The van der Waals surface area contributed by atoms with Gasteiger partial charge in [0.15, 0.2) is 6.19 Å². The van der Waals surface area contributed by atoms with Crippen molar-refractivity contribution < 1.29 is 9.50 Å². The van der Waals surface area contributed by atoms with Gasteiger partial charge in [0.2, 0.25) is 0 Å². The molecule has 0 fully saturated rings.